The Labute approximate surface area is 322 Å². The molecule has 6 nitrogen and oxygen atoms in total. The average molecular weight is 719 g/mol. The number of fused-ring (bicyclic) bond motifs is 6. The molecule has 0 aliphatic carbocycles. The second kappa shape index (κ2) is 12.5. The third-order valence-electron chi connectivity index (χ3n) is 11.1. The van der Waals surface area contributed by atoms with Crippen LogP contribution in [-0.4, -0.2) is 29.1 Å². The predicted molar refractivity (Wildman–Crippen MR) is 228 cm³/mol. The van der Waals surface area contributed by atoms with Gasteiger partial charge in [0.05, 0.1) is 39.1 Å². The first-order valence-corrected chi connectivity index (χ1v) is 19.1. The van der Waals surface area contributed by atoms with E-state index in [0.29, 0.717) is 0 Å². The number of hydrogen-bond acceptors (Lipinski definition) is 4. The Balaban J connectivity index is 1.28. The van der Waals surface area contributed by atoms with Gasteiger partial charge in [-0.2, -0.15) is 0 Å². The molecule has 0 saturated heterocycles. The summed E-state index contributed by atoms with van der Waals surface area (Å²) in [7, 11) is 0. The molecule has 9 aromatic rings. The van der Waals surface area contributed by atoms with Gasteiger partial charge >= 0.3 is 0 Å². The molecule has 0 N–H and O–H groups in total. The van der Waals surface area contributed by atoms with Crippen molar-refractivity contribution in [2.75, 3.05) is 0 Å². The molecule has 0 bridgehead atoms. The fourth-order valence-electron chi connectivity index (χ4n) is 7.89. The number of aromatic nitrogens is 6. The molecule has 0 aliphatic heterocycles. The maximum atomic E-state index is 5.21. The molecule has 0 amide bonds. The van der Waals surface area contributed by atoms with E-state index in [2.05, 4.69) is 174 Å². The maximum absolute atomic E-state index is 5.21. The second-order valence-corrected chi connectivity index (χ2v) is 17.4. The Morgan fingerprint density at radius 3 is 1.25 bits per heavy atom. The third kappa shape index (κ3) is 5.70. The molecule has 0 spiro atoms. The van der Waals surface area contributed by atoms with Crippen molar-refractivity contribution in [1.29, 1.82) is 0 Å². The molecule has 0 radical (unpaired) electrons. The highest BCUT2D eigenvalue weighted by Gasteiger charge is 2.30. The number of pyridine rings is 4. The van der Waals surface area contributed by atoms with E-state index in [9.17, 15) is 0 Å². The molecule has 6 aromatic heterocycles. The third-order valence-corrected chi connectivity index (χ3v) is 11.1. The number of nitrogens with zero attached hydrogens (tertiary/aromatic N) is 6. The van der Waals surface area contributed by atoms with Gasteiger partial charge in [-0.1, -0.05) is 108 Å². The van der Waals surface area contributed by atoms with E-state index >= 15 is 0 Å². The van der Waals surface area contributed by atoms with Crippen molar-refractivity contribution in [1.82, 2.24) is 29.1 Å². The average Bonchev–Trinajstić information content (AvgIpc) is 3.69. The molecule has 9 rings (SSSR count). The summed E-state index contributed by atoms with van der Waals surface area (Å²) >= 11 is 0. The quantitative estimate of drug-likeness (QED) is 0.178. The van der Waals surface area contributed by atoms with Crippen LogP contribution in [0.15, 0.2) is 134 Å². The summed E-state index contributed by atoms with van der Waals surface area (Å²) in [6, 6.07) is 38.9. The van der Waals surface area contributed by atoms with E-state index in [-0.39, 0.29) is 10.8 Å². The summed E-state index contributed by atoms with van der Waals surface area (Å²) in [6.45, 7) is 17.7. The van der Waals surface area contributed by atoms with Crippen LogP contribution in [0.1, 0.15) is 78.2 Å². The summed E-state index contributed by atoms with van der Waals surface area (Å²) in [5.74, 6) is 0. The van der Waals surface area contributed by atoms with Crippen molar-refractivity contribution >= 4 is 43.6 Å². The Bertz CT molecular complexity index is 2900. The summed E-state index contributed by atoms with van der Waals surface area (Å²) in [5, 5.41) is 4.32. The van der Waals surface area contributed by atoms with Gasteiger partial charge < -0.3 is 9.13 Å². The Morgan fingerprint density at radius 1 is 0.400 bits per heavy atom. The van der Waals surface area contributed by atoms with Crippen LogP contribution >= 0.6 is 0 Å². The van der Waals surface area contributed by atoms with E-state index < -0.39 is 5.41 Å². The topological polar surface area (TPSA) is 61.4 Å². The molecule has 0 saturated carbocycles. The summed E-state index contributed by atoms with van der Waals surface area (Å²) in [4.78, 5) is 20.3. The van der Waals surface area contributed by atoms with E-state index in [1.807, 2.05) is 24.8 Å². The van der Waals surface area contributed by atoms with Gasteiger partial charge in [-0.25, -0.2) is 0 Å². The smallest absolute Gasteiger partial charge is 0.0575 e. The van der Waals surface area contributed by atoms with Crippen molar-refractivity contribution < 1.29 is 0 Å². The van der Waals surface area contributed by atoms with Gasteiger partial charge in [-0.15, -0.1) is 0 Å². The van der Waals surface area contributed by atoms with Gasteiger partial charge in [0.15, 0.2) is 0 Å². The first-order valence-electron chi connectivity index (χ1n) is 19.1. The Morgan fingerprint density at radius 2 is 0.782 bits per heavy atom. The largest absolute Gasteiger partial charge is 0.309 e. The van der Waals surface area contributed by atoms with Crippen LogP contribution in [0.3, 0.4) is 0 Å². The molecule has 272 valence electrons. The van der Waals surface area contributed by atoms with E-state index in [0.717, 1.165) is 77.8 Å². The highest BCUT2D eigenvalue weighted by atomic mass is 15.0. The van der Waals surface area contributed by atoms with Gasteiger partial charge in [0, 0.05) is 85.2 Å². The monoisotopic (exact) mass is 718 g/mol. The standard InChI is InChI=1S/C49H46N6/c1-47(2,3)43-23-39-34(27-50-43)35-29-52-45(25-40(35)54(39)32-19-13-10-14-20-32)49(7,8)46-26-42-37(30-53-46)36-28-51-44(48(4,5)6)24-41(36)55(42)38-22-16-15-21-33(38)31-17-11-9-12-18-31/h9-30H,1-8H3. The van der Waals surface area contributed by atoms with Crippen molar-refractivity contribution in [2.45, 2.75) is 71.6 Å². The minimum Gasteiger partial charge on any atom is -0.309 e. The molecule has 0 fully saturated rings. The molecule has 0 aliphatic rings. The molecule has 3 aromatic carbocycles. The van der Waals surface area contributed by atoms with Crippen LogP contribution in [0, 0.1) is 0 Å². The zero-order valence-electron chi connectivity index (χ0n) is 32.9. The predicted octanol–water partition coefficient (Wildman–Crippen LogP) is 12.0. The van der Waals surface area contributed by atoms with Crippen LogP contribution in [0.4, 0.5) is 0 Å². The lowest BCUT2D eigenvalue weighted by Crippen LogP contribution is -2.22. The SMILES string of the molecule is CC(C)(C)c1cc2c(cn1)c1cnc(C(C)(C)c3cc4c(cn3)c3cnc(C(C)(C)C)cc3n4-c3ccccc3-c3ccccc3)cc1n2-c1ccccc1. The van der Waals surface area contributed by atoms with Gasteiger partial charge in [-0.3, -0.25) is 19.9 Å². The molecule has 0 unspecified atom stereocenters. The second-order valence-electron chi connectivity index (χ2n) is 17.4. The zero-order valence-corrected chi connectivity index (χ0v) is 32.9. The zero-order chi connectivity index (χ0) is 38.3. The lowest BCUT2D eigenvalue weighted by molar-refractivity contribution is 0.570. The Hall–Kier alpha value is -6.14. The van der Waals surface area contributed by atoms with E-state index in [1.165, 1.54) is 11.1 Å². The minimum absolute atomic E-state index is 0.0870. The van der Waals surface area contributed by atoms with Gasteiger partial charge in [0.2, 0.25) is 0 Å². The van der Waals surface area contributed by atoms with Crippen molar-refractivity contribution in [3.8, 4) is 22.5 Å². The van der Waals surface area contributed by atoms with Gasteiger partial charge in [-0.05, 0) is 61.9 Å². The molecule has 0 atom stereocenters. The summed E-state index contributed by atoms with van der Waals surface area (Å²) in [5.41, 5.74) is 12.2. The molecular formula is C49H46N6. The van der Waals surface area contributed by atoms with Crippen LogP contribution in [0.2, 0.25) is 0 Å². The normalized spacial score (nSPS) is 12.7. The van der Waals surface area contributed by atoms with E-state index in [4.69, 9.17) is 19.9 Å². The molecule has 6 heteroatoms. The first kappa shape index (κ1) is 34.6. The highest BCUT2D eigenvalue weighted by molar-refractivity contribution is 6.10. The molecule has 6 heterocycles. The Kier molecular flexibility index (Phi) is 7.84. The number of rotatable bonds is 5. The molecular weight excluding hydrogens is 673 g/mol. The number of hydrogen-bond donors (Lipinski definition) is 0. The van der Waals surface area contributed by atoms with Crippen molar-refractivity contribution in [2.24, 2.45) is 0 Å². The van der Waals surface area contributed by atoms with Crippen LogP contribution in [-0.2, 0) is 16.2 Å². The van der Waals surface area contributed by atoms with Gasteiger partial charge in [0.1, 0.15) is 0 Å². The summed E-state index contributed by atoms with van der Waals surface area (Å²) < 4.78 is 4.77. The van der Waals surface area contributed by atoms with Gasteiger partial charge in [0.25, 0.3) is 0 Å². The lowest BCUT2D eigenvalue weighted by atomic mass is 9.84. The fourth-order valence-corrected chi connectivity index (χ4v) is 7.89. The molecule has 55 heavy (non-hydrogen) atoms. The van der Waals surface area contributed by atoms with Crippen LogP contribution in [0.25, 0.3) is 66.1 Å². The number of para-hydroxylation sites is 2. The minimum atomic E-state index is -0.537. The van der Waals surface area contributed by atoms with Crippen LogP contribution in [0.5, 0.6) is 0 Å². The summed E-state index contributed by atoms with van der Waals surface area (Å²) in [6.07, 6.45) is 8.11. The van der Waals surface area contributed by atoms with Crippen LogP contribution < -0.4 is 0 Å². The lowest BCUT2D eigenvalue weighted by Gasteiger charge is -2.24. The first-order chi connectivity index (χ1) is 26.3. The highest BCUT2D eigenvalue weighted by Crippen LogP contribution is 2.41. The van der Waals surface area contributed by atoms with Crippen molar-refractivity contribution in [3.05, 3.63) is 157 Å². The van der Waals surface area contributed by atoms with Crippen molar-refractivity contribution in [3.63, 3.8) is 0 Å². The van der Waals surface area contributed by atoms with E-state index in [1.54, 1.807) is 0 Å². The maximum Gasteiger partial charge on any atom is 0.0575 e. The number of benzene rings is 3. The fraction of sp³-hybridized carbons (Fsp3) is 0.224.